The Morgan fingerprint density at radius 3 is 2.53 bits per heavy atom. The summed E-state index contributed by atoms with van der Waals surface area (Å²) in [6.07, 6.45) is 1.01. The molecule has 1 saturated heterocycles. The number of nitrogens with zero attached hydrogens (tertiary/aromatic N) is 4. The largest absolute Gasteiger partial charge is 0.378 e. The van der Waals surface area contributed by atoms with Crippen LogP contribution in [0, 0.1) is 6.92 Å². The summed E-state index contributed by atoms with van der Waals surface area (Å²) in [5, 5.41) is 12.5. The lowest BCUT2D eigenvalue weighted by Crippen LogP contribution is -2.38. The second-order valence-electron chi connectivity index (χ2n) is 8.65. The average Bonchev–Trinajstić information content (AvgIpc) is 3.27. The van der Waals surface area contributed by atoms with Gasteiger partial charge in [-0.05, 0) is 49.4 Å². The van der Waals surface area contributed by atoms with E-state index in [9.17, 15) is 4.79 Å². The van der Waals surface area contributed by atoms with Gasteiger partial charge in [0.25, 0.3) is 0 Å². The molecule has 34 heavy (non-hydrogen) atoms. The summed E-state index contributed by atoms with van der Waals surface area (Å²) in [5.41, 5.74) is 4.18. The predicted octanol–water partition coefficient (Wildman–Crippen LogP) is 5.05. The minimum Gasteiger partial charge on any atom is -0.378 e. The third kappa shape index (κ3) is 5.28. The molecule has 1 N–H and O–H groups in total. The number of amides is 1. The van der Waals surface area contributed by atoms with Crippen LogP contribution in [-0.2, 0) is 9.53 Å². The van der Waals surface area contributed by atoms with Gasteiger partial charge in [-0.25, -0.2) is 0 Å². The van der Waals surface area contributed by atoms with Crippen LogP contribution in [0.5, 0.6) is 0 Å². The highest BCUT2D eigenvalue weighted by Crippen LogP contribution is 2.32. The van der Waals surface area contributed by atoms with E-state index >= 15 is 0 Å². The molecule has 0 spiro atoms. The van der Waals surface area contributed by atoms with Crippen LogP contribution in [0.2, 0.25) is 0 Å². The quantitative estimate of drug-likeness (QED) is 0.456. The number of carbonyl (C=O) groups is 1. The van der Waals surface area contributed by atoms with Gasteiger partial charge in [-0.15, -0.1) is 10.2 Å². The Labute approximate surface area is 205 Å². The van der Waals surface area contributed by atoms with Crippen molar-refractivity contribution in [2.24, 2.45) is 0 Å². The Hall–Kier alpha value is -2.84. The maximum absolute atomic E-state index is 13.2. The molecule has 1 aromatic heterocycles. The maximum Gasteiger partial charge on any atom is 0.237 e. The van der Waals surface area contributed by atoms with Crippen LogP contribution in [0.4, 0.5) is 11.6 Å². The van der Waals surface area contributed by atoms with Gasteiger partial charge in [-0.3, -0.25) is 9.36 Å². The molecule has 0 aliphatic carbocycles. The lowest BCUT2D eigenvalue weighted by molar-refractivity contribution is -0.115. The van der Waals surface area contributed by atoms with Crippen molar-refractivity contribution in [2.75, 3.05) is 36.5 Å². The highest BCUT2D eigenvalue weighted by atomic mass is 32.2. The van der Waals surface area contributed by atoms with Crippen LogP contribution in [0.1, 0.15) is 44.2 Å². The number of nitrogens with one attached hydrogen (secondary N) is 1. The average molecular weight is 480 g/mol. The Morgan fingerprint density at radius 1 is 1.09 bits per heavy atom. The van der Waals surface area contributed by atoms with E-state index in [4.69, 9.17) is 4.74 Å². The fourth-order valence-electron chi connectivity index (χ4n) is 4.04. The van der Waals surface area contributed by atoms with Gasteiger partial charge < -0.3 is 15.0 Å². The number of hydrogen-bond donors (Lipinski definition) is 1. The molecule has 0 bridgehead atoms. The summed E-state index contributed by atoms with van der Waals surface area (Å²) >= 11 is 1.43. The number of hydrogen-bond acceptors (Lipinski definition) is 6. The molecule has 3 aromatic rings. The zero-order valence-electron chi connectivity index (χ0n) is 20.3. The molecule has 180 valence electrons. The van der Waals surface area contributed by atoms with Crippen molar-refractivity contribution >= 4 is 29.3 Å². The zero-order valence-corrected chi connectivity index (χ0v) is 21.1. The number of morpholine rings is 1. The van der Waals surface area contributed by atoms with Crippen LogP contribution in [0.3, 0.4) is 0 Å². The number of aromatic nitrogens is 3. The van der Waals surface area contributed by atoms with Crippen LogP contribution in [0.25, 0.3) is 5.69 Å². The fraction of sp³-hybridized carbons (Fsp3) is 0.423. The van der Waals surface area contributed by atoms with E-state index in [0.29, 0.717) is 24.3 Å². The number of rotatable bonds is 8. The minimum absolute atomic E-state index is 0.0481. The van der Waals surface area contributed by atoms with Crippen molar-refractivity contribution < 1.29 is 9.53 Å². The second kappa shape index (κ2) is 11.1. The smallest absolute Gasteiger partial charge is 0.237 e. The van der Waals surface area contributed by atoms with E-state index in [2.05, 4.69) is 64.0 Å². The first-order valence-electron chi connectivity index (χ1n) is 11.9. The summed E-state index contributed by atoms with van der Waals surface area (Å²) < 4.78 is 7.60. The molecule has 0 saturated carbocycles. The molecule has 1 fully saturated rings. The van der Waals surface area contributed by atoms with Gasteiger partial charge in [0.05, 0.1) is 24.2 Å². The first-order chi connectivity index (χ1) is 16.5. The van der Waals surface area contributed by atoms with Gasteiger partial charge in [0.15, 0.2) is 5.16 Å². The number of benzene rings is 2. The Balaban J connectivity index is 1.59. The standard InChI is InChI=1S/C26H33N5O2S/c1-5-18(2)21-11-7-8-12-22(21)27-24(32)20(4)34-26-29-28-25(30-14-16-33-17-15-30)31(26)23-13-9-6-10-19(23)3/h6-13,18,20H,5,14-17H2,1-4H3,(H,27,32)/t18-,20-/m0/s1. The van der Waals surface area contributed by atoms with Gasteiger partial charge in [0.1, 0.15) is 0 Å². The van der Waals surface area contributed by atoms with Crippen molar-refractivity contribution in [1.82, 2.24) is 14.8 Å². The summed E-state index contributed by atoms with van der Waals surface area (Å²) in [7, 11) is 0. The highest BCUT2D eigenvalue weighted by molar-refractivity contribution is 8.00. The lowest BCUT2D eigenvalue weighted by Gasteiger charge is -2.28. The van der Waals surface area contributed by atoms with E-state index in [1.165, 1.54) is 11.8 Å². The van der Waals surface area contributed by atoms with E-state index < -0.39 is 0 Å². The predicted molar refractivity (Wildman–Crippen MR) is 138 cm³/mol. The third-order valence-corrected chi connectivity index (χ3v) is 7.32. The summed E-state index contributed by atoms with van der Waals surface area (Å²) in [6, 6.07) is 16.2. The number of thioether (sulfide) groups is 1. The SMILES string of the molecule is CC[C@H](C)c1ccccc1NC(=O)[C@H](C)Sc1nnc(N2CCOCC2)n1-c1ccccc1C. The van der Waals surface area contributed by atoms with Crippen LogP contribution in [-0.4, -0.2) is 52.2 Å². The van der Waals surface area contributed by atoms with E-state index in [-0.39, 0.29) is 11.2 Å². The molecule has 2 atom stereocenters. The van der Waals surface area contributed by atoms with Crippen molar-refractivity contribution in [1.29, 1.82) is 0 Å². The van der Waals surface area contributed by atoms with E-state index in [0.717, 1.165) is 48.0 Å². The van der Waals surface area contributed by atoms with Crippen molar-refractivity contribution in [3.05, 3.63) is 59.7 Å². The molecular weight excluding hydrogens is 446 g/mol. The molecule has 7 nitrogen and oxygen atoms in total. The monoisotopic (exact) mass is 479 g/mol. The molecule has 2 aromatic carbocycles. The van der Waals surface area contributed by atoms with Gasteiger partial charge in [0, 0.05) is 18.8 Å². The van der Waals surface area contributed by atoms with Gasteiger partial charge in [-0.2, -0.15) is 0 Å². The molecule has 8 heteroatoms. The second-order valence-corrected chi connectivity index (χ2v) is 9.96. The van der Waals surface area contributed by atoms with Crippen molar-refractivity contribution in [3.63, 3.8) is 0 Å². The molecule has 1 amide bonds. The molecule has 2 heterocycles. The number of anilines is 2. The number of ether oxygens (including phenoxy) is 1. The number of carbonyl (C=O) groups excluding carboxylic acids is 1. The number of aryl methyl sites for hydroxylation is 1. The first-order valence-corrected chi connectivity index (χ1v) is 12.8. The Morgan fingerprint density at radius 2 is 1.79 bits per heavy atom. The summed E-state index contributed by atoms with van der Waals surface area (Å²) in [5.74, 6) is 1.11. The maximum atomic E-state index is 13.2. The highest BCUT2D eigenvalue weighted by Gasteiger charge is 2.26. The van der Waals surface area contributed by atoms with Crippen molar-refractivity contribution in [2.45, 2.75) is 50.4 Å². The van der Waals surface area contributed by atoms with Crippen LogP contribution < -0.4 is 10.2 Å². The molecule has 4 rings (SSSR count). The zero-order chi connectivity index (χ0) is 24.1. The van der Waals surface area contributed by atoms with E-state index in [1.54, 1.807) is 0 Å². The van der Waals surface area contributed by atoms with Gasteiger partial charge in [0.2, 0.25) is 11.9 Å². The normalized spacial score (nSPS) is 15.7. The summed E-state index contributed by atoms with van der Waals surface area (Å²) in [4.78, 5) is 15.4. The topological polar surface area (TPSA) is 72.3 Å². The van der Waals surface area contributed by atoms with Crippen molar-refractivity contribution in [3.8, 4) is 5.69 Å². The molecule has 1 aliphatic rings. The van der Waals surface area contributed by atoms with Gasteiger partial charge in [-0.1, -0.05) is 62.0 Å². The van der Waals surface area contributed by atoms with Crippen LogP contribution >= 0.6 is 11.8 Å². The first kappa shape index (κ1) is 24.3. The molecular formula is C26H33N5O2S. The third-order valence-electron chi connectivity index (χ3n) is 6.28. The molecule has 0 unspecified atom stereocenters. The number of para-hydroxylation sites is 2. The van der Waals surface area contributed by atoms with Gasteiger partial charge >= 0.3 is 0 Å². The summed E-state index contributed by atoms with van der Waals surface area (Å²) in [6.45, 7) is 11.2. The minimum atomic E-state index is -0.352. The molecule has 1 aliphatic heterocycles. The molecule has 0 radical (unpaired) electrons. The Bertz CT molecular complexity index is 1130. The van der Waals surface area contributed by atoms with E-state index in [1.807, 2.05) is 37.3 Å². The van der Waals surface area contributed by atoms with Crippen LogP contribution in [0.15, 0.2) is 53.7 Å². The Kier molecular flexibility index (Phi) is 7.90. The lowest BCUT2D eigenvalue weighted by atomic mass is 9.97. The fourth-order valence-corrected chi connectivity index (χ4v) is 4.89.